The number of aliphatic hydroxyl groups is 1. The van der Waals surface area contributed by atoms with Crippen molar-refractivity contribution in [2.45, 2.75) is 45.6 Å². The third-order valence-corrected chi connectivity index (χ3v) is 7.73. The smallest absolute Gasteiger partial charge is 0.264 e. The summed E-state index contributed by atoms with van der Waals surface area (Å²) in [6.45, 7) is 13.0. The second kappa shape index (κ2) is 12.7. The van der Waals surface area contributed by atoms with Gasteiger partial charge in [-0.15, -0.1) is 0 Å². The molecule has 0 amide bonds. The number of quaternary nitrogens is 1. The molecule has 0 fully saturated rings. The Morgan fingerprint density at radius 3 is 2.00 bits per heavy atom. The minimum Gasteiger partial charge on any atom is -1.00 e. The van der Waals surface area contributed by atoms with Crippen LogP contribution in [-0.4, -0.2) is 45.8 Å². The topological polar surface area (TPSA) is 62.0 Å². The molecule has 0 aliphatic carbocycles. The number of anilines is 1. The van der Waals surface area contributed by atoms with Crippen molar-refractivity contribution in [2.75, 3.05) is 30.5 Å². The number of nitrogens with zero attached hydrogens (tertiary/aromatic N) is 1. The number of sulfonamides is 1. The molecule has 0 bridgehead atoms. The number of aliphatic hydroxyl groups excluding tert-OH is 1. The zero-order chi connectivity index (χ0) is 24.9. The van der Waals surface area contributed by atoms with Crippen molar-refractivity contribution in [2.24, 2.45) is 11.8 Å². The minimum atomic E-state index is -3.88. The quantitative estimate of drug-likeness (QED) is 0.396. The summed E-state index contributed by atoms with van der Waals surface area (Å²) in [5, 5.41) is 13.0. The summed E-state index contributed by atoms with van der Waals surface area (Å²) in [6.07, 6.45) is -0.799. The maximum Gasteiger partial charge on any atom is 0.264 e. The molecule has 192 valence electrons. The van der Waals surface area contributed by atoms with E-state index in [1.807, 2.05) is 61.5 Å². The van der Waals surface area contributed by atoms with Crippen LogP contribution < -0.4 is 21.6 Å². The summed E-state index contributed by atoms with van der Waals surface area (Å²) in [4.78, 5) is 1.52. The first-order valence-corrected chi connectivity index (χ1v) is 13.6. The molecule has 1 atom stereocenters. The van der Waals surface area contributed by atoms with Crippen LogP contribution in [0.5, 0.6) is 0 Å². The summed E-state index contributed by atoms with van der Waals surface area (Å²) < 4.78 is 29.1. The van der Waals surface area contributed by atoms with Crippen molar-refractivity contribution < 1.29 is 30.8 Å². The lowest BCUT2D eigenvalue weighted by Gasteiger charge is -2.30. The van der Waals surface area contributed by atoms with E-state index in [0.29, 0.717) is 24.1 Å². The van der Waals surface area contributed by atoms with Crippen LogP contribution in [0, 0.1) is 18.8 Å². The Labute approximate surface area is 217 Å². The molecule has 2 N–H and O–H groups in total. The molecule has 0 aliphatic rings. The molecule has 5 nitrogen and oxygen atoms in total. The fourth-order valence-electron chi connectivity index (χ4n) is 4.58. The van der Waals surface area contributed by atoms with E-state index in [4.69, 9.17) is 0 Å². The van der Waals surface area contributed by atoms with Crippen LogP contribution in [0.25, 0.3) is 10.8 Å². The maximum atomic E-state index is 13.9. The van der Waals surface area contributed by atoms with Gasteiger partial charge in [0.2, 0.25) is 0 Å². The highest BCUT2D eigenvalue weighted by atomic mass is 35.5. The van der Waals surface area contributed by atoms with Gasteiger partial charge in [-0.05, 0) is 30.5 Å². The molecule has 0 saturated carbocycles. The van der Waals surface area contributed by atoms with Gasteiger partial charge in [0, 0.05) is 17.2 Å². The first-order chi connectivity index (χ1) is 16.1. The Balaban J connectivity index is 0.00000432. The standard InChI is InChI=1S/C28H38N2O3S.ClH/c1-21(2)17-29(18-22(3)4)19-25(31)20-30(34(32,33)26-15-13-23(5)14-16-26)28-12-8-10-24-9-6-7-11-27(24)28;/h6-16,21-22,25,31H,17-20H2,1-5H3;1H. The summed E-state index contributed by atoms with van der Waals surface area (Å²) >= 11 is 0. The number of nitrogens with one attached hydrogen (secondary N) is 1. The molecule has 3 aromatic carbocycles. The fraction of sp³-hybridized carbons (Fsp3) is 0.429. The fourth-order valence-corrected chi connectivity index (χ4v) is 6.10. The third-order valence-electron chi connectivity index (χ3n) is 5.94. The number of hydrogen-bond acceptors (Lipinski definition) is 3. The molecule has 0 aliphatic heterocycles. The Morgan fingerprint density at radius 1 is 0.829 bits per heavy atom. The van der Waals surface area contributed by atoms with Crippen molar-refractivity contribution in [3.63, 3.8) is 0 Å². The lowest BCUT2D eigenvalue weighted by Crippen LogP contribution is -3.14. The van der Waals surface area contributed by atoms with E-state index in [0.717, 1.165) is 29.4 Å². The predicted molar refractivity (Wildman–Crippen MR) is 141 cm³/mol. The molecular formula is C28H39ClN2O3S. The first-order valence-electron chi connectivity index (χ1n) is 12.2. The van der Waals surface area contributed by atoms with Gasteiger partial charge in [-0.2, -0.15) is 0 Å². The molecule has 35 heavy (non-hydrogen) atoms. The predicted octanol–water partition coefficient (Wildman–Crippen LogP) is 0.905. The average Bonchev–Trinajstić information content (AvgIpc) is 2.76. The zero-order valence-electron chi connectivity index (χ0n) is 21.4. The van der Waals surface area contributed by atoms with Crippen molar-refractivity contribution in [1.29, 1.82) is 0 Å². The van der Waals surface area contributed by atoms with Crippen molar-refractivity contribution in [1.82, 2.24) is 0 Å². The van der Waals surface area contributed by atoms with Gasteiger partial charge in [-0.3, -0.25) is 4.31 Å². The Hall–Kier alpha value is -2.12. The molecule has 7 heteroatoms. The van der Waals surface area contributed by atoms with E-state index in [2.05, 4.69) is 27.7 Å². The van der Waals surface area contributed by atoms with Gasteiger partial charge in [0.05, 0.1) is 30.2 Å². The first kappa shape index (κ1) is 29.1. The molecule has 1 unspecified atom stereocenters. The summed E-state index contributed by atoms with van der Waals surface area (Å²) in [5.74, 6) is 0.984. The largest absolute Gasteiger partial charge is 1.00 e. The lowest BCUT2D eigenvalue weighted by molar-refractivity contribution is -0.909. The van der Waals surface area contributed by atoms with Gasteiger partial charge in [-0.1, -0.05) is 81.8 Å². The van der Waals surface area contributed by atoms with E-state index in [1.165, 1.54) is 9.21 Å². The maximum absolute atomic E-state index is 13.9. The third kappa shape index (κ3) is 7.68. The van der Waals surface area contributed by atoms with Crippen molar-refractivity contribution in [3.05, 3.63) is 72.3 Å². The molecule has 0 saturated heterocycles. The van der Waals surface area contributed by atoms with Gasteiger partial charge in [0.25, 0.3) is 10.0 Å². The second-order valence-corrected chi connectivity index (χ2v) is 12.0. The lowest BCUT2D eigenvalue weighted by atomic mass is 10.1. The Kier molecular flexibility index (Phi) is 10.6. The zero-order valence-corrected chi connectivity index (χ0v) is 23.0. The molecule has 0 radical (unpaired) electrons. The molecule has 0 aromatic heterocycles. The normalized spacial score (nSPS) is 12.8. The molecular weight excluding hydrogens is 480 g/mol. The van der Waals surface area contributed by atoms with Crippen LogP contribution in [0.4, 0.5) is 5.69 Å². The highest BCUT2D eigenvalue weighted by Gasteiger charge is 2.30. The van der Waals surface area contributed by atoms with E-state index < -0.39 is 16.1 Å². The number of hydrogen-bond donors (Lipinski definition) is 2. The van der Waals surface area contributed by atoms with Gasteiger partial charge in [-0.25, -0.2) is 8.42 Å². The minimum absolute atomic E-state index is 0. The van der Waals surface area contributed by atoms with Crippen LogP contribution in [0.3, 0.4) is 0 Å². The van der Waals surface area contributed by atoms with Crippen molar-refractivity contribution in [3.8, 4) is 0 Å². The molecule has 3 aromatic rings. The number of aryl methyl sites for hydroxylation is 1. The number of fused-ring (bicyclic) bond motifs is 1. The van der Waals surface area contributed by atoms with E-state index in [9.17, 15) is 13.5 Å². The summed E-state index contributed by atoms with van der Waals surface area (Å²) in [6, 6.07) is 20.3. The molecule has 0 heterocycles. The van der Waals surface area contributed by atoms with Crippen LogP contribution in [0.2, 0.25) is 0 Å². The van der Waals surface area contributed by atoms with Crippen LogP contribution in [-0.2, 0) is 10.0 Å². The highest BCUT2D eigenvalue weighted by Crippen LogP contribution is 2.31. The summed E-state index contributed by atoms with van der Waals surface area (Å²) in [7, 11) is -3.88. The number of benzene rings is 3. The Bertz CT molecular complexity index is 1170. The van der Waals surface area contributed by atoms with Gasteiger partial charge in [0.1, 0.15) is 12.6 Å². The SMILES string of the molecule is Cc1ccc(S(=O)(=O)N(CC(O)C[NH+](CC(C)C)CC(C)C)c2cccc3ccccc23)cc1.[Cl-]. The van der Waals surface area contributed by atoms with Gasteiger partial charge < -0.3 is 22.4 Å². The van der Waals surface area contributed by atoms with Crippen LogP contribution in [0.15, 0.2) is 71.6 Å². The number of halogens is 1. The number of rotatable bonds is 11. The van der Waals surface area contributed by atoms with E-state index >= 15 is 0 Å². The van der Waals surface area contributed by atoms with Gasteiger partial charge >= 0.3 is 0 Å². The van der Waals surface area contributed by atoms with E-state index in [1.54, 1.807) is 12.1 Å². The molecule has 0 spiro atoms. The van der Waals surface area contributed by atoms with Crippen molar-refractivity contribution >= 4 is 26.5 Å². The van der Waals surface area contributed by atoms with Crippen LogP contribution >= 0.6 is 0 Å². The second-order valence-electron chi connectivity index (χ2n) is 10.2. The monoisotopic (exact) mass is 518 g/mol. The van der Waals surface area contributed by atoms with E-state index in [-0.39, 0.29) is 23.8 Å². The highest BCUT2D eigenvalue weighted by molar-refractivity contribution is 7.92. The molecule has 3 rings (SSSR count). The Morgan fingerprint density at radius 2 is 1.40 bits per heavy atom. The summed E-state index contributed by atoms with van der Waals surface area (Å²) in [5.41, 5.74) is 1.59. The average molecular weight is 519 g/mol. The van der Waals surface area contributed by atoms with Gasteiger partial charge in [0.15, 0.2) is 0 Å². The van der Waals surface area contributed by atoms with Crippen LogP contribution in [0.1, 0.15) is 33.3 Å².